The van der Waals surface area contributed by atoms with Crippen molar-refractivity contribution in [2.24, 2.45) is 16.8 Å². The van der Waals surface area contributed by atoms with Gasteiger partial charge >= 0.3 is 0 Å². The Bertz CT molecular complexity index is 784. The lowest BCUT2D eigenvalue weighted by Crippen LogP contribution is -2.39. The van der Waals surface area contributed by atoms with Gasteiger partial charge in [0.25, 0.3) is 0 Å². The molecule has 2 aromatic rings. The first-order valence-electron chi connectivity index (χ1n) is 10.0. The van der Waals surface area contributed by atoms with Crippen molar-refractivity contribution >= 4 is 28.9 Å². The van der Waals surface area contributed by atoms with E-state index in [4.69, 9.17) is 0 Å². The highest BCUT2D eigenvalue weighted by Gasteiger charge is 2.25. The van der Waals surface area contributed by atoms with Crippen LogP contribution in [0.1, 0.15) is 36.6 Å². The van der Waals surface area contributed by atoms with Crippen LogP contribution in [-0.2, 0) is 17.8 Å². The van der Waals surface area contributed by atoms with Crippen LogP contribution < -0.4 is 16.0 Å². The van der Waals surface area contributed by atoms with Gasteiger partial charge < -0.3 is 16.0 Å². The molecule has 3 rings (SSSR count). The predicted molar refractivity (Wildman–Crippen MR) is 118 cm³/mol. The molecule has 1 aliphatic carbocycles. The third kappa shape index (κ3) is 6.09. The van der Waals surface area contributed by atoms with E-state index in [-0.39, 0.29) is 11.8 Å². The van der Waals surface area contributed by atoms with Gasteiger partial charge in [-0.25, -0.2) is 0 Å². The van der Waals surface area contributed by atoms with Crippen LogP contribution in [0.25, 0.3) is 0 Å². The molecule has 1 atom stereocenters. The number of carbonyl (C=O) groups excluding carboxylic acids is 1. The van der Waals surface area contributed by atoms with Crippen LogP contribution in [-0.4, -0.2) is 25.5 Å². The average molecular weight is 399 g/mol. The van der Waals surface area contributed by atoms with Crippen molar-refractivity contribution in [3.05, 3.63) is 52.2 Å². The molecule has 1 unspecified atom stereocenters. The van der Waals surface area contributed by atoms with Gasteiger partial charge in [0.05, 0.1) is 0 Å². The Labute approximate surface area is 171 Å². The fourth-order valence-electron chi connectivity index (χ4n) is 3.20. The Balaban J connectivity index is 1.44. The largest absolute Gasteiger partial charge is 0.356 e. The van der Waals surface area contributed by atoms with Gasteiger partial charge in [-0.2, -0.15) is 0 Å². The monoisotopic (exact) mass is 398 g/mol. The molecule has 5 nitrogen and oxygen atoms in total. The van der Waals surface area contributed by atoms with Crippen molar-refractivity contribution < 1.29 is 4.79 Å². The molecule has 0 saturated heterocycles. The number of nitrogens with one attached hydrogen (secondary N) is 3. The van der Waals surface area contributed by atoms with Gasteiger partial charge in [-0.15, -0.1) is 11.3 Å². The Hall–Kier alpha value is -2.34. The zero-order valence-electron chi connectivity index (χ0n) is 16.7. The lowest BCUT2D eigenvalue weighted by atomic mass is 9.85. The number of hydrogen-bond acceptors (Lipinski definition) is 3. The molecular weight excluding hydrogens is 368 g/mol. The molecule has 0 bridgehead atoms. The summed E-state index contributed by atoms with van der Waals surface area (Å²) < 4.78 is 0. The van der Waals surface area contributed by atoms with Crippen molar-refractivity contribution in [3.8, 4) is 0 Å². The summed E-state index contributed by atoms with van der Waals surface area (Å²) in [5, 5.41) is 11.9. The van der Waals surface area contributed by atoms with Crippen molar-refractivity contribution in [3.63, 3.8) is 0 Å². The van der Waals surface area contributed by atoms with E-state index in [2.05, 4.69) is 51.4 Å². The number of anilines is 1. The van der Waals surface area contributed by atoms with Gasteiger partial charge in [0, 0.05) is 36.6 Å². The van der Waals surface area contributed by atoms with Crippen molar-refractivity contribution in [2.45, 2.75) is 39.2 Å². The number of aliphatic imine (C=N–C) groups is 1. The third-order valence-electron chi connectivity index (χ3n) is 5.10. The van der Waals surface area contributed by atoms with E-state index in [0.717, 1.165) is 43.0 Å². The molecule has 1 aromatic heterocycles. The second kappa shape index (κ2) is 10.3. The third-order valence-corrected chi connectivity index (χ3v) is 6.00. The molecule has 28 heavy (non-hydrogen) atoms. The summed E-state index contributed by atoms with van der Waals surface area (Å²) in [5.41, 5.74) is 1.98. The minimum atomic E-state index is 0.147. The van der Waals surface area contributed by atoms with Crippen LogP contribution in [0.5, 0.6) is 0 Å². The summed E-state index contributed by atoms with van der Waals surface area (Å²) in [6.07, 6.45) is 4.27. The number of amides is 1. The van der Waals surface area contributed by atoms with Crippen LogP contribution in [0, 0.1) is 11.8 Å². The smallest absolute Gasteiger partial charge is 0.227 e. The number of carbonyl (C=O) groups is 1. The Kier molecular flexibility index (Phi) is 7.48. The van der Waals surface area contributed by atoms with Gasteiger partial charge in [-0.3, -0.25) is 9.79 Å². The predicted octanol–water partition coefficient (Wildman–Crippen LogP) is 4.03. The first-order chi connectivity index (χ1) is 13.6. The normalized spacial score (nSPS) is 15.6. The van der Waals surface area contributed by atoms with Crippen LogP contribution in [0.2, 0.25) is 0 Å². The first kappa shape index (κ1) is 20.4. The summed E-state index contributed by atoms with van der Waals surface area (Å²) in [6, 6.07) is 12.3. The van der Waals surface area contributed by atoms with Crippen molar-refractivity contribution in [2.75, 3.05) is 18.9 Å². The molecule has 0 spiro atoms. The molecule has 1 aromatic carbocycles. The maximum atomic E-state index is 12.1. The highest BCUT2D eigenvalue weighted by molar-refractivity contribution is 7.09. The Morgan fingerprint density at radius 3 is 2.79 bits per heavy atom. The maximum Gasteiger partial charge on any atom is 0.227 e. The number of nitrogens with zero attached hydrogens (tertiary/aromatic N) is 1. The molecule has 1 aliphatic rings. The molecule has 1 amide bonds. The second-order valence-electron chi connectivity index (χ2n) is 7.51. The van der Waals surface area contributed by atoms with Crippen LogP contribution in [0.15, 0.2) is 46.8 Å². The molecule has 1 heterocycles. The highest BCUT2D eigenvalue weighted by atomic mass is 32.1. The SMILES string of the molecule is CN=C(NCc1cccc(NC(=O)C2CCC2)c1)NCC(C)Cc1cccs1. The van der Waals surface area contributed by atoms with E-state index in [1.54, 1.807) is 7.05 Å². The zero-order valence-corrected chi connectivity index (χ0v) is 17.5. The van der Waals surface area contributed by atoms with E-state index < -0.39 is 0 Å². The van der Waals surface area contributed by atoms with Crippen LogP contribution in [0.4, 0.5) is 5.69 Å². The molecule has 150 valence electrons. The number of rotatable bonds is 8. The molecule has 1 saturated carbocycles. The van der Waals surface area contributed by atoms with E-state index >= 15 is 0 Å². The fourth-order valence-corrected chi connectivity index (χ4v) is 4.07. The molecule has 0 radical (unpaired) electrons. The van der Waals surface area contributed by atoms with Gasteiger partial charge in [-0.1, -0.05) is 31.5 Å². The Morgan fingerprint density at radius 1 is 1.25 bits per heavy atom. The highest BCUT2D eigenvalue weighted by Crippen LogP contribution is 2.27. The summed E-state index contributed by atoms with van der Waals surface area (Å²) in [4.78, 5) is 17.9. The summed E-state index contributed by atoms with van der Waals surface area (Å²) in [6.45, 7) is 3.77. The number of thiophene rings is 1. The van der Waals surface area contributed by atoms with Gasteiger partial charge in [0.2, 0.25) is 5.91 Å². The molecule has 0 aliphatic heterocycles. The van der Waals surface area contributed by atoms with E-state index in [0.29, 0.717) is 12.5 Å². The number of guanidine groups is 1. The van der Waals surface area contributed by atoms with E-state index in [1.807, 2.05) is 29.5 Å². The minimum absolute atomic E-state index is 0.147. The van der Waals surface area contributed by atoms with Crippen LogP contribution >= 0.6 is 11.3 Å². The molecule has 6 heteroatoms. The first-order valence-corrected chi connectivity index (χ1v) is 10.9. The van der Waals surface area contributed by atoms with Crippen molar-refractivity contribution in [1.82, 2.24) is 10.6 Å². The number of hydrogen-bond donors (Lipinski definition) is 3. The quantitative estimate of drug-likeness (QED) is 0.465. The van der Waals surface area contributed by atoms with Gasteiger partial charge in [0.1, 0.15) is 0 Å². The average Bonchev–Trinajstić information content (AvgIpc) is 3.13. The molecule has 1 fully saturated rings. The molecular formula is C22H30N4OS. The van der Waals surface area contributed by atoms with Crippen molar-refractivity contribution in [1.29, 1.82) is 0 Å². The van der Waals surface area contributed by atoms with E-state index in [9.17, 15) is 4.79 Å². The minimum Gasteiger partial charge on any atom is -0.356 e. The Morgan fingerprint density at radius 2 is 2.11 bits per heavy atom. The summed E-state index contributed by atoms with van der Waals surface area (Å²) >= 11 is 1.81. The van der Waals surface area contributed by atoms with Gasteiger partial charge in [0.15, 0.2) is 5.96 Å². The fraction of sp³-hybridized carbons (Fsp3) is 0.455. The van der Waals surface area contributed by atoms with Crippen LogP contribution in [0.3, 0.4) is 0 Å². The lowest BCUT2D eigenvalue weighted by Gasteiger charge is -2.24. The van der Waals surface area contributed by atoms with Gasteiger partial charge in [-0.05, 0) is 54.3 Å². The lowest BCUT2D eigenvalue weighted by molar-refractivity contribution is -0.122. The maximum absolute atomic E-state index is 12.1. The summed E-state index contributed by atoms with van der Waals surface area (Å²) in [7, 11) is 1.79. The number of benzene rings is 1. The zero-order chi connectivity index (χ0) is 19.8. The standard InChI is InChI=1S/C22H30N4OS/c1-16(12-20-10-5-11-28-20)14-24-22(23-2)25-15-17-6-3-9-19(13-17)26-21(27)18-7-4-8-18/h3,5-6,9-11,13,16,18H,4,7-8,12,14-15H2,1-2H3,(H,26,27)(H2,23,24,25). The summed E-state index contributed by atoms with van der Waals surface area (Å²) in [5.74, 6) is 1.67. The molecule has 3 N–H and O–H groups in total. The van der Waals surface area contributed by atoms with E-state index in [1.165, 1.54) is 11.3 Å². The topological polar surface area (TPSA) is 65.5 Å². The second-order valence-corrected chi connectivity index (χ2v) is 8.55.